The zero-order valence-corrected chi connectivity index (χ0v) is 18.0. The number of nitrogens with zero attached hydrogens (tertiary/aromatic N) is 5. The van der Waals surface area contributed by atoms with Crippen LogP contribution in [0.5, 0.6) is 0 Å². The van der Waals surface area contributed by atoms with Gasteiger partial charge in [0.25, 0.3) is 0 Å². The molecule has 0 saturated heterocycles. The van der Waals surface area contributed by atoms with Crippen molar-refractivity contribution in [3.05, 3.63) is 82.3 Å². The fourth-order valence-electron chi connectivity index (χ4n) is 4.13. The first-order chi connectivity index (χ1) is 15.3. The number of nitriles is 1. The molecule has 0 aliphatic carbocycles. The van der Waals surface area contributed by atoms with Crippen molar-refractivity contribution in [2.45, 2.75) is 45.8 Å². The predicted octanol–water partition coefficient (Wildman–Crippen LogP) is 6.16. The third-order valence-corrected chi connectivity index (χ3v) is 5.72. The van der Waals surface area contributed by atoms with Crippen LogP contribution < -0.4 is 4.90 Å². The van der Waals surface area contributed by atoms with Crippen LogP contribution in [-0.2, 0) is 12.6 Å². The minimum absolute atomic E-state index is 0.252. The van der Waals surface area contributed by atoms with Crippen molar-refractivity contribution >= 4 is 11.6 Å². The Hall–Kier alpha value is -3.60. The molecule has 1 aromatic heterocycles. The summed E-state index contributed by atoms with van der Waals surface area (Å²) in [5.41, 5.74) is 3.02. The zero-order valence-electron chi connectivity index (χ0n) is 18.0. The maximum atomic E-state index is 13.4. The molecule has 2 heterocycles. The van der Waals surface area contributed by atoms with Crippen LogP contribution >= 0.6 is 0 Å². The molecule has 0 radical (unpaired) electrons. The van der Waals surface area contributed by atoms with Gasteiger partial charge in [0.2, 0.25) is 5.95 Å². The van der Waals surface area contributed by atoms with Crippen LogP contribution in [0.2, 0.25) is 0 Å². The van der Waals surface area contributed by atoms with E-state index in [-0.39, 0.29) is 6.04 Å². The number of aryl methyl sites for hydroxylation is 1. The molecule has 1 aliphatic rings. The number of aromatic nitrogens is 3. The average molecular weight is 437 g/mol. The summed E-state index contributed by atoms with van der Waals surface area (Å²) in [5, 5.41) is 13.8. The Morgan fingerprint density at radius 2 is 1.78 bits per heavy atom. The quantitative estimate of drug-likeness (QED) is 0.491. The van der Waals surface area contributed by atoms with E-state index < -0.39 is 11.7 Å². The summed E-state index contributed by atoms with van der Waals surface area (Å²) in [4.78, 5) is 6.41. The van der Waals surface area contributed by atoms with Crippen molar-refractivity contribution in [2.24, 2.45) is 0 Å². The van der Waals surface area contributed by atoms with Gasteiger partial charge in [0.15, 0.2) is 5.82 Å². The van der Waals surface area contributed by atoms with Crippen LogP contribution in [0, 0.1) is 11.3 Å². The van der Waals surface area contributed by atoms with Crippen LogP contribution in [0.1, 0.15) is 55.7 Å². The minimum Gasteiger partial charge on any atom is -0.283 e. The third kappa shape index (κ3) is 3.64. The molecule has 3 aromatic rings. The summed E-state index contributed by atoms with van der Waals surface area (Å²) < 4.78 is 41.9. The van der Waals surface area contributed by atoms with E-state index in [1.165, 1.54) is 6.07 Å². The number of alkyl halides is 3. The molecule has 4 rings (SSSR count). The highest BCUT2D eigenvalue weighted by molar-refractivity contribution is 5.67. The van der Waals surface area contributed by atoms with Gasteiger partial charge in [-0.1, -0.05) is 32.0 Å². The Bertz CT molecular complexity index is 1220. The fraction of sp³-hybridized carbons (Fsp3) is 0.292. The van der Waals surface area contributed by atoms with Gasteiger partial charge in [0, 0.05) is 17.8 Å². The molecule has 0 N–H and O–H groups in total. The van der Waals surface area contributed by atoms with E-state index in [1.807, 2.05) is 32.9 Å². The molecule has 8 heteroatoms. The van der Waals surface area contributed by atoms with Gasteiger partial charge in [0.1, 0.15) is 6.04 Å². The molecular weight excluding hydrogens is 415 g/mol. The van der Waals surface area contributed by atoms with Gasteiger partial charge in [-0.15, -0.1) is 0 Å². The van der Waals surface area contributed by atoms with Crippen LogP contribution in [-0.4, -0.2) is 14.8 Å². The topological polar surface area (TPSA) is 57.7 Å². The van der Waals surface area contributed by atoms with E-state index in [9.17, 15) is 13.2 Å². The average Bonchev–Trinajstić information content (AvgIpc) is 3.21. The van der Waals surface area contributed by atoms with E-state index in [1.54, 1.807) is 27.8 Å². The number of fused-ring (bicyclic) bond motifs is 1. The van der Waals surface area contributed by atoms with Crippen molar-refractivity contribution in [3.8, 4) is 6.07 Å². The standard InChI is InChI=1S/C24H22F3N5/c1-4-20-15(3)31(19-8-6-7-18(13-19)24(25,26)27)23-29-21(5-2)30-32(23)22(20)17-11-9-16(14-28)10-12-17/h6-13,22H,4-5H2,1-3H3. The number of rotatable bonds is 4. The number of allylic oxidation sites excluding steroid dienone is 2. The molecule has 5 nitrogen and oxygen atoms in total. The largest absolute Gasteiger partial charge is 0.416 e. The van der Waals surface area contributed by atoms with E-state index >= 15 is 0 Å². The minimum atomic E-state index is -4.44. The molecule has 1 unspecified atom stereocenters. The van der Waals surface area contributed by atoms with Gasteiger partial charge >= 0.3 is 6.18 Å². The summed E-state index contributed by atoms with van der Waals surface area (Å²) in [7, 11) is 0. The Morgan fingerprint density at radius 3 is 2.38 bits per heavy atom. The number of benzene rings is 2. The summed E-state index contributed by atoms with van der Waals surface area (Å²) in [6.07, 6.45) is -3.17. The number of hydrogen-bond donors (Lipinski definition) is 0. The lowest BCUT2D eigenvalue weighted by molar-refractivity contribution is -0.137. The van der Waals surface area contributed by atoms with Crippen molar-refractivity contribution < 1.29 is 13.2 Å². The van der Waals surface area contributed by atoms with Gasteiger partial charge in [0.05, 0.1) is 17.2 Å². The highest BCUT2D eigenvalue weighted by Gasteiger charge is 2.36. The Labute approximate surface area is 184 Å². The van der Waals surface area contributed by atoms with E-state index in [0.29, 0.717) is 35.9 Å². The Kier molecular flexibility index (Phi) is 5.51. The summed E-state index contributed by atoms with van der Waals surface area (Å²) in [5.74, 6) is 1.09. The first-order valence-electron chi connectivity index (χ1n) is 10.4. The lowest BCUT2D eigenvalue weighted by Gasteiger charge is -2.36. The van der Waals surface area contributed by atoms with Gasteiger partial charge in [-0.25, -0.2) is 4.68 Å². The highest BCUT2D eigenvalue weighted by Crippen LogP contribution is 2.44. The molecule has 1 atom stereocenters. The molecule has 0 saturated carbocycles. The smallest absolute Gasteiger partial charge is 0.283 e. The van der Waals surface area contributed by atoms with E-state index in [0.717, 1.165) is 29.0 Å². The van der Waals surface area contributed by atoms with Crippen LogP contribution in [0.15, 0.2) is 59.8 Å². The summed E-state index contributed by atoms with van der Waals surface area (Å²) in [6, 6.07) is 14.4. The van der Waals surface area contributed by atoms with Crippen molar-refractivity contribution in [3.63, 3.8) is 0 Å². The Balaban J connectivity index is 1.93. The SMILES string of the molecule is CCC1=C(C)N(c2cccc(C(F)(F)F)c2)c2nc(CC)nn2C1c1ccc(C#N)cc1. The molecule has 0 fully saturated rings. The maximum Gasteiger partial charge on any atom is 0.416 e. The lowest BCUT2D eigenvalue weighted by atomic mass is 9.92. The van der Waals surface area contributed by atoms with Crippen molar-refractivity contribution in [1.29, 1.82) is 5.26 Å². The number of hydrogen-bond acceptors (Lipinski definition) is 4. The molecule has 2 aromatic carbocycles. The third-order valence-electron chi connectivity index (χ3n) is 5.72. The summed E-state index contributed by atoms with van der Waals surface area (Å²) >= 11 is 0. The lowest BCUT2D eigenvalue weighted by Crippen LogP contribution is -2.31. The molecule has 32 heavy (non-hydrogen) atoms. The van der Waals surface area contributed by atoms with Gasteiger partial charge < -0.3 is 0 Å². The van der Waals surface area contributed by atoms with E-state index in [2.05, 4.69) is 11.1 Å². The number of anilines is 2. The van der Waals surface area contributed by atoms with Gasteiger partial charge in [-0.05, 0) is 54.8 Å². The first-order valence-corrected chi connectivity index (χ1v) is 10.4. The van der Waals surface area contributed by atoms with E-state index in [4.69, 9.17) is 10.4 Å². The zero-order chi connectivity index (χ0) is 23.0. The monoisotopic (exact) mass is 437 g/mol. The van der Waals surface area contributed by atoms with Gasteiger partial charge in [-0.2, -0.15) is 28.5 Å². The van der Waals surface area contributed by atoms with Gasteiger partial charge in [-0.3, -0.25) is 4.90 Å². The second-order valence-electron chi connectivity index (χ2n) is 7.61. The summed E-state index contributed by atoms with van der Waals surface area (Å²) in [6.45, 7) is 5.86. The molecule has 0 bridgehead atoms. The van der Waals surface area contributed by atoms with Crippen LogP contribution in [0.3, 0.4) is 0 Å². The first kappa shape index (κ1) is 21.6. The molecule has 1 aliphatic heterocycles. The molecule has 164 valence electrons. The van der Waals surface area contributed by atoms with Crippen molar-refractivity contribution in [2.75, 3.05) is 4.90 Å². The normalized spacial score (nSPS) is 16.2. The van der Waals surface area contributed by atoms with Crippen LogP contribution in [0.25, 0.3) is 0 Å². The Morgan fingerprint density at radius 1 is 1.06 bits per heavy atom. The van der Waals surface area contributed by atoms with Crippen LogP contribution in [0.4, 0.5) is 24.8 Å². The predicted molar refractivity (Wildman–Crippen MR) is 115 cm³/mol. The molecule has 0 spiro atoms. The van der Waals surface area contributed by atoms with Crippen molar-refractivity contribution in [1.82, 2.24) is 14.8 Å². The number of halogens is 3. The highest BCUT2D eigenvalue weighted by atomic mass is 19.4. The second-order valence-corrected chi connectivity index (χ2v) is 7.61. The molecular formula is C24H22F3N5. The maximum absolute atomic E-state index is 13.4. The second kappa shape index (κ2) is 8.15. The molecule has 0 amide bonds. The fourth-order valence-corrected chi connectivity index (χ4v) is 4.13.